The molecule has 0 aromatic rings. The Morgan fingerprint density at radius 2 is 1.69 bits per heavy atom. The van der Waals surface area contributed by atoms with Gasteiger partial charge in [0.05, 0.1) is 48.1 Å². The molecule has 0 aromatic heterocycles. The van der Waals surface area contributed by atoms with Crippen molar-refractivity contribution >= 4 is 0 Å². The van der Waals surface area contributed by atoms with E-state index in [1.807, 2.05) is 0 Å². The number of piperidine rings is 1. The maximum absolute atomic E-state index is 13.3. The van der Waals surface area contributed by atoms with Gasteiger partial charge in [-0.15, -0.1) is 0 Å². The standard InChI is InChI=1S/C26H43NO8/c1-7-27-12-22(13-28)9-8-16(32-3)25-19(22)20(34-5)26(30,21(25)27)24(35-6)11-15(31-2)14-10-23(25,29)18(24)17(14)33-4/h14-21,28-30H,7-13H2,1-6H3/t14?,15-,16?,17-,18?,19?,20-,21?,22-,23-,24+,25?,26?/m0/s1. The van der Waals surface area contributed by atoms with Gasteiger partial charge in [-0.05, 0) is 25.8 Å². The number of fused-ring (bicyclic) bond motifs is 2. The summed E-state index contributed by atoms with van der Waals surface area (Å²) < 4.78 is 31.2. The minimum Gasteiger partial charge on any atom is -0.396 e. The second kappa shape index (κ2) is 7.61. The molecular formula is C26H43NO8. The van der Waals surface area contributed by atoms with Crippen molar-refractivity contribution in [3.05, 3.63) is 0 Å². The summed E-state index contributed by atoms with van der Waals surface area (Å²) in [7, 11) is 8.37. The fraction of sp³-hybridized carbons (Fsp3) is 1.00. The summed E-state index contributed by atoms with van der Waals surface area (Å²) in [5.41, 5.74) is -5.31. The molecule has 6 aliphatic rings. The van der Waals surface area contributed by atoms with Crippen molar-refractivity contribution in [2.24, 2.45) is 28.6 Å². The molecule has 0 amide bonds. The average molecular weight is 498 g/mol. The van der Waals surface area contributed by atoms with Gasteiger partial charge in [-0.25, -0.2) is 0 Å². The van der Waals surface area contributed by atoms with Gasteiger partial charge >= 0.3 is 0 Å². The van der Waals surface area contributed by atoms with Crippen LogP contribution >= 0.6 is 0 Å². The number of likely N-dealkylation sites (tertiary alicyclic amines) is 1. The molecule has 0 radical (unpaired) electrons. The van der Waals surface area contributed by atoms with E-state index in [1.165, 1.54) is 0 Å². The van der Waals surface area contributed by atoms with Gasteiger partial charge in [0.2, 0.25) is 0 Å². The number of aliphatic hydroxyl groups is 3. The fourth-order valence-electron chi connectivity index (χ4n) is 11.4. The van der Waals surface area contributed by atoms with Crippen LogP contribution in [0.3, 0.4) is 0 Å². The van der Waals surface area contributed by atoms with Crippen LogP contribution in [0.4, 0.5) is 0 Å². The van der Waals surface area contributed by atoms with Gasteiger partial charge in [0.15, 0.2) is 0 Å². The van der Waals surface area contributed by atoms with E-state index >= 15 is 0 Å². The van der Waals surface area contributed by atoms with E-state index in [1.54, 1.807) is 35.5 Å². The van der Waals surface area contributed by atoms with Crippen LogP contribution in [0.2, 0.25) is 0 Å². The van der Waals surface area contributed by atoms with Crippen molar-refractivity contribution in [2.75, 3.05) is 55.2 Å². The highest BCUT2D eigenvalue weighted by molar-refractivity contribution is 5.45. The Morgan fingerprint density at radius 3 is 2.23 bits per heavy atom. The molecule has 5 saturated carbocycles. The van der Waals surface area contributed by atoms with Crippen LogP contribution in [0.25, 0.3) is 0 Å². The number of hydrogen-bond acceptors (Lipinski definition) is 9. The van der Waals surface area contributed by atoms with Crippen LogP contribution in [-0.4, -0.2) is 123 Å². The monoisotopic (exact) mass is 497 g/mol. The molecule has 1 saturated heterocycles. The average Bonchev–Trinajstić information content (AvgIpc) is 3.22. The Morgan fingerprint density at radius 1 is 0.943 bits per heavy atom. The second-order valence-electron chi connectivity index (χ2n) is 12.2. The molecule has 6 rings (SSSR count). The summed E-state index contributed by atoms with van der Waals surface area (Å²) in [5, 5.41) is 37.6. The van der Waals surface area contributed by atoms with Crippen LogP contribution < -0.4 is 0 Å². The van der Waals surface area contributed by atoms with Crippen molar-refractivity contribution in [1.82, 2.24) is 4.90 Å². The lowest BCUT2D eigenvalue weighted by molar-refractivity contribution is -0.362. The lowest BCUT2D eigenvalue weighted by atomic mass is 9.41. The van der Waals surface area contributed by atoms with Gasteiger partial charge in [-0.2, -0.15) is 0 Å². The van der Waals surface area contributed by atoms with E-state index in [0.29, 0.717) is 32.4 Å². The van der Waals surface area contributed by atoms with Crippen molar-refractivity contribution < 1.29 is 39.0 Å². The Bertz CT molecular complexity index is 876. The molecule has 9 heteroatoms. The van der Waals surface area contributed by atoms with Crippen molar-refractivity contribution in [3.63, 3.8) is 0 Å². The molecule has 35 heavy (non-hydrogen) atoms. The van der Waals surface area contributed by atoms with E-state index < -0.39 is 45.7 Å². The smallest absolute Gasteiger partial charge is 0.136 e. The summed E-state index contributed by atoms with van der Waals surface area (Å²) >= 11 is 0. The number of aliphatic hydroxyl groups excluding tert-OH is 1. The van der Waals surface area contributed by atoms with Gasteiger partial charge in [0.1, 0.15) is 11.2 Å². The van der Waals surface area contributed by atoms with Gasteiger partial charge in [-0.3, -0.25) is 4.90 Å². The Labute approximate surface area is 208 Å². The highest BCUT2D eigenvalue weighted by Gasteiger charge is 2.95. The van der Waals surface area contributed by atoms with Gasteiger partial charge < -0.3 is 39.0 Å². The lowest BCUT2D eigenvalue weighted by Crippen LogP contribution is -2.86. The first-order valence-corrected chi connectivity index (χ1v) is 13.2. The van der Waals surface area contributed by atoms with E-state index in [-0.39, 0.29) is 36.8 Å². The highest BCUT2D eigenvalue weighted by Crippen LogP contribution is 2.82. The minimum absolute atomic E-state index is 0.0342. The zero-order chi connectivity index (χ0) is 25.2. The maximum Gasteiger partial charge on any atom is 0.136 e. The molecule has 6 fully saturated rings. The SMILES string of the molecule is CCN1C[C@]2(CO)CCC(OC)C34C1C(O)([C@@H](OC)C32)[C@@]1(OC)C[C@H](OC)C2C[C@]4(O)C1[C@H]2OC. The van der Waals surface area contributed by atoms with Crippen LogP contribution in [0, 0.1) is 28.6 Å². The maximum atomic E-state index is 13.3. The lowest BCUT2D eigenvalue weighted by Gasteiger charge is -2.72. The largest absolute Gasteiger partial charge is 0.396 e. The number of nitrogens with zero attached hydrogens (tertiary/aromatic N) is 1. The van der Waals surface area contributed by atoms with Crippen LogP contribution in [0.5, 0.6) is 0 Å². The molecular weight excluding hydrogens is 454 g/mol. The summed E-state index contributed by atoms with van der Waals surface area (Å²) in [4.78, 5) is 2.28. The molecule has 1 spiro atoms. The zero-order valence-corrected chi connectivity index (χ0v) is 21.9. The first-order chi connectivity index (χ1) is 16.7. The van der Waals surface area contributed by atoms with E-state index in [2.05, 4.69) is 11.8 Å². The number of methoxy groups -OCH3 is 5. The van der Waals surface area contributed by atoms with Gasteiger partial charge in [0.25, 0.3) is 0 Å². The quantitative estimate of drug-likeness (QED) is 0.449. The first kappa shape index (κ1) is 24.9. The number of ether oxygens (including phenoxy) is 5. The van der Waals surface area contributed by atoms with E-state index in [0.717, 1.165) is 6.42 Å². The van der Waals surface area contributed by atoms with Crippen LogP contribution in [0.15, 0.2) is 0 Å². The fourth-order valence-corrected chi connectivity index (χ4v) is 11.4. The number of rotatable bonds is 7. The molecule has 1 aliphatic heterocycles. The van der Waals surface area contributed by atoms with Crippen molar-refractivity contribution in [3.8, 4) is 0 Å². The number of likely N-dealkylation sites (N-methyl/N-ethyl adjacent to an activating group) is 1. The van der Waals surface area contributed by atoms with Gasteiger partial charge in [0, 0.05) is 71.7 Å². The Kier molecular flexibility index (Phi) is 5.42. The van der Waals surface area contributed by atoms with E-state index in [9.17, 15) is 15.3 Å². The predicted molar refractivity (Wildman–Crippen MR) is 125 cm³/mol. The second-order valence-corrected chi connectivity index (χ2v) is 12.2. The molecule has 7 bridgehead atoms. The van der Waals surface area contributed by atoms with Crippen molar-refractivity contribution in [2.45, 2.75) is 79.9 Å². The molecule has 0 aromatic carbocycles. The molecule has 1 heterocycles. The van der Waals surface area contributed by atoms with Gasteiger partial charge in [-0.1, -0.05) is 6.92 Å². The minimum atomic E-state index is -1.48. The summed E-state index contributed by atoms with van der Waals surface area (Å²) in [6.45, 7) is 3.36. The topological polar surface area (TPSA) is 110 Å². The summed E-state index contributed by atoms with van der Waals surface area (Å²) in [6.07, 6.45) is 0.797. The Balaban J connectivity index is 1.75. The summed E-state index contributed by atoms with van der Waals surface area (Å²) in [5.74, 6) is -0.837. The molecule has 9 nitrogen and oxygen atoms in total. The molecule has 3 N–H and O–H groups in total. The third kappa shape index (κ3) is 2.24. The van der Waals surface area contributed by atoms with Crippen LogP contribution in [-0.2, 0) is 23.7 Å². The molecule has 5 aliphatic carbocycles. The highest BCUT2D eigenvalue weighted by atomic mass is 16.5. The third-order valence-corrected chi connectivity index (χ3v) is 12.0. The Hall–Kier alpha value is -0.360. The summed E-state index contributed by atoms with van der Waals surface area (Å²) in [6, 6.07) is -0.465. The molecule has 200 valence electrons. The van der Waals surface area contributed by atoms with E-state index in [4.69, 9.17) is 23.7 Å². The normalized spacial score (nSPS) is 60.3. The van der Waals surface area contributed by atoms with Crippen LogP contribution in [0.1, 0.15) is 32.6 Å². The molecule has 7 unspecified atom stereocenters. The number of hydrogen-bond donors (Lipinski definition) is 3. The van der Waals surface area contributed by atoms with Crippen molar-refractivity contribution in [1.29, 1.82) is 0 Å². The molecule has 13 atom stereocenters. The predicted octanol–water partition coefficient (Wildman–Crippen LogP) is 0.0400. The zero-order valence-electron chi connectivity index (χ0n) is 21.9. The first-order valence-electron chi connectivity index (χ1n) is 13.2. The third-order valence-electron chi connectivity index (χ3n) is 12.0.